The van der Waals surface area contributed by atoms with Crippen LogP contribution in [0, 0.1) is 11.3 Å². The zero-order valence-corrected chi connectivity index (χ0v) is 8.81. The maximum absolute atomic E-state index is 11.5. The van der Waals surface area contributed by atoms with Gasteiger partial charge in [0.25, 0.3) is 0 Å². The van der Waals surface area contributed by atoms with Gasteiger partial charge >= 0.3 is 0 Å². The fraction of sp³-hybridized carbons (Fsp3) is 0.900. The summed E-state index contributed by atoms with van der Waals surface area (Å²) in [6, 6.07) is 0. The van der Waals surface area contributed by atoms with Crippen LogP contribution in [0.4, 0.5) is 0 Å². The molecule has 0 spiro atoms. The predicted molar refractivity (Wildman–Crippen MR) is 53.4 cm³/mol. The number of amides is 1. The Balaban J connectivity index is 2.22. The molecule has 0 aliphatic carbocycles. The van der Waals surface area contributed by atoms with Crippen molar-refractivity contribution in [3.8, 4) is 0 Å². The van der Waals surface area contributed by atoms with Gasteiger partial charge in [-0.1, -0.05) is 20.8 Å². The van der Waals surface area contributed by atoms with Crippen LogP contribution >= 0.6 is 0 Å². The van der Waals surface area contributed by atoms with Gasteiger partial charge in [0.05, 0.1) is 0 Å². The van der Waals surface area contributed by atoms with Gasteiger partial charge in [0.2, 0.25) is 5.91 Å². The van der Waals surface area contributed by atoms with Gasteiger partial charge in [-0.05, 0) is 25.4 Å². The summed E-state index contributed by atoms with van der Waals surface area (Å²) in [7, 11) is 0. The Labute approximate surface area is 80.3 Å². The third kappa shape index (κ3) is 3.35. The van der Waals surface area contributed by atoms with E-state index in [0.717, 1.165) is 19.6 Å². The quantitative estimate of drug-likeness (QED) is 0.665. The molecule has 0 radical (unpaired) electrons. The number of carbonyl (C=O) groups excluding carboxylic acids is 1. The van der Waals surface area contributed by atoms with Crippen molar-refractivity contribution in [3.05, 3.63) is 0 Å². The Kier molecular flexibility index (Phi) is 3.31. The van der Waals surface area contributed by atoms with E-state index in [9.17, 15) is 4.79 Å². The van der Waals surface area contributed by atoms with Crippen LogP contribution in [0.25, 0.3) is 0 Å². The van der Waals surface area contributed by atoms with Gasteiger partial charge in [-0.15, -0.1) is 0 Å². The normalized spacial score (nSPS) is 23.2. The molecule has 1 aliphatic rings. The molecule has 3 heteroatoms. The lowest BCUT2D eigenvalue weighted by Crippen LogP contribution is -2.38. The van der Waals surface area contributed by atoms with Gasteiger partial charge in [0, 0.05) is 12.0 Å². The fourth-order valence-corrected chi connectivity index (χ4v) is 1.39. The molecule has 1 heterocycles. The summed E-state index contributed by atoms with van der Waals surface area (Å²) in [5.74, 6) is 0.783. The van der Waals surface area contributed by atoms with Crippen molar-refractivity contribution in [1.82, 2.24) is 10.6 Å². The monoisotopic (exact) mass is 184 g/mol. The molecule has 0 aromatic carbocycles. The van der Waals surface area contributed by atoms with E-state index < -0.39 is 0 Å². The van der Waals surface area contributed by atoms with Crippen LogP contribution in [0.2, 0.25) is 0 Å². The largest absolute Gasteiger partial charge is 0.355 e. The lowest BCUT2D eigenvalue weighted by molar-refractivity contribution is -0.128. The second kappa shape index (κ2) is 4.09. The first-order valence-corrected chi connectivity index (χ1v) is 4.99. The standard InChI is InChI=1S/C10H20N2O/c1-10(2,3)9(13)12-7-8-4-5-11-6-8/h8,11H,4-7H2,1-3H3,(H,12,13)/t8-/m1/s1. The van der Waals surface area contributed by atoms with Gasteiger partial charge in [0.15, 0.2) is 0 Å². The molecule has 1 saturated heterocycles. The molecule has 13 heavy (non-hydrogen) atoms. The van der Waals surface area contributed by atoms with Crippen LogP contribution in [0.3, 0.4) is 0 Å². The summed E-state index contributed by atoms with van der Waals surface area (Å²) in [6.45, 7) is 8.78. The summed E-state index contributed by atoms with van der Waals surface area (Å²) in [5, 5.41) is 6.27. The average Bonchev–Trinajstić information content (AvgIpc) is 2.50. The molecule has 1 atom stereocenters. The summed E-state index contributed by atoms with van der Waals surface area (Å²) in [5.41, 5.74) is -0.258. The number of hydrogen-bond acceptors (Lipinski definition) is 2. The molecule has 1 aliphatic heterocycles. The SMILES string of the molecule is CC(C)(C)C(=O)NC[C@@H]1CCNC1. The minimum Gasteiger partial charge on any atom is -0.355 e. The molecule has 0 bridgehead atoms. The van der Waals surface area contributed by atoms with Crippen molar-refractivity contribution >= 4 is 5.91 Å². The van der Waals surface area contributed by atoms with Crippen LogP contribution in [-0.4, -0.2) is 25.5 Å². The molecular weight excluding hydrogens is 164 g/mol. The van der Waals surface area contributed by atoms with E-state index in [1.165, 1.54) is 6.42 Å². The minimum atomic E-state index is -0.258. The topological polar surface area (TPSA) is 41.1 Å². The minimum absolute atomic E-state index is 0.152. The Morgan fingerprint density at radius 3 is 2.69 bits per heavy atom. The zero-order valence-electron chi connectivity index (χ0n) is 8.81. The maximum Gasteiger partial charge on any atom is 0.225 e. The molecule has 0 aromatic rings. The van der Waals surface area contributed by atoms with E-state index in [2.05, 4.69) is 10.6 Å². The first-order valence-electron chi connectivity index (χ1n) is 4.99. The van der Waals surface area contributed by atoms with Crippen molar-refractivity contribution in [2.75, 3.05) is 19.6 Å². The number of rotatable bonds is 2. The summed E-state index contributed by atoms with van der Waals surface area (Å²) >= 11 is 0. The molecule has 1 rings (SSSR count). The average molecular weight is 184 g/mol. The third-order valence-corrected chi connectivity index (χ3v) is 2.39. The van der Waals surface area contributed by atoms with Gasteiger partial charge in [-0.3, -0.25) is 4.79 Å². The van der Waals surface area contributed by atoms with Gasteiger partial charge in [-0.25, -0.2) is 0 Å². The first kappa shape index (κ1) is 10.5. The van der Waals surface area contributed by atoms with Gasteiger partial charge < -0.3 is 10.6 Å². The van der Waals surface area contributed by atoms with Crippen LogP contribution < -0.4 is 10.6 Å². The molecular formula is C10H20N2O. The highest BCUT2D eigenvalue weighted by molar-refractivity contribution is 5.81. The van der Waals surface area contributed by atoms with E-state index in [1.54, 1.807) is 0 Å². The fourth-order valence-electron chi connectivity index (χ4n) is 1.39. The molecule has 0 unspecified atom stereocenters. The molecule has 1 fully saturated rings. The Morgan fingerprint density at radius 2 is 2.23 bits per heavy atom. The predicted octanol–water partition coefficient (Wildman–Crippen LogP) is 0.758. The summed E-state index contributed by atoms with van der Waals surface area (Å²) < 4.78 is 0. The highest BCUT2D eigenvalue weighted by atomic mass is 16.2. The van der Waals surface area contributed by atoms with E-state index in [1.807, 2.05) is 20.8 Å². The van der Waals surface area contributed by atoms with Crippen molar-refractivity contribution in [2.24, 2.45) is 11.3 Å². The Hall–Kier alpha value is -0.570. The van der Waals surface area contributed by atoms with Crippen LogP contribution in [0.15, 0.2) is 0 Å². The van der Waals surface area contributed by atoms with Crippen LogP contribution in [0.5, 0.6) is 0 Å². The molecule has 76 valence electrons. The van der Waals surface area contributed by atoms with Crippen molar-refractivity contribution in [2.45, 2.75) is 27.2 Å². The van der Waals surface area contributed by atoms with Gasteiger partial charge in [0.1, 0.15) is 0 Å². The molecule has 0 aromatic heterocycles. The van der Waals surface area contributed by atoms with Crippen molar-refractivity contribution < 1.29 is 4.79 Å². The lowest BCUT2D eigenvalue weighted by atomic mass is 9.95. The second-order valence-electron chi connectivity index (χ2n) is 4.82. The highest BCUT2D eigenvalue weighted by Crippen LogP contribution is 2.13. The van der Waals surface area contributed by atoms with Crippen molar-refractivity contribution in [1.29, 1.82) is 0 Å². The smallest absolute Gasteiger partial charge is 0.225 e. The Morgan fingerprint density at radius 1 is 1.54 bits per heavy atom. The van der Waals surface area contributed by atoms with E-state index in [-0.39, 0.29) is 11.3 Å². The Bertz CT molecular complexity index is 178. The zero-order chi connectivity index (χ0) is 9.90. The number of carbonyl (C=O) groups is 1. The third-order valence-electron chi connectivity index (χ3n) is 2.39. The second-order valence-corrected chi connectivity index (χ2v) is 4.82. The highest BCUT2D eigenvalue weighted by Gasteiger charge is 2.22. The van der Waals surface area contributed by atoms with Crippen LogP contribution in [0.1, 0.15) is 27.2 Å². The molecule has 3 nitrogen and oxygen atoms in total. The lowest BCUT2D eigenvalue weighted by Gasteiger charge is -2.19. The van der Waals surface area contributed by atoms with Crippen molar-refractivity contribution in [3.63, 3.8) is 0 Å². The molecule has 2 N–H and O–H groups in total. The first-order chi connectivity index (χ1) is 6.00. The molecule has 0 saturated carbocycles. The van der Waals surface area contributed by atoms with E-state index in [4.69, 9.17) is 0 Å². The number of nitrogens with one attached hydrogen (secondary N) is 2. The van der Waals surface area contributed by atoms with Gasteiger partial charge in [-0.2, -0.15) is 0 Å². The maximum atomic E-state index is 11.5. The van der Waals surface area contributed by atoms with E-state index in [0.29, 0.717) is 5.92 Å². The summed E-state index contributed by atoms with van der Waals surface area (Å²) in [4.78, 5) is 11.5. The molecule has 1 amide bonds. The van der Waals surface area contributed by atoms with E-state index >= 15 is 0 Å². The van der Waals surface area contributed by atoms with Crippen LogP contribution in [-0.2, 0) is 4.79 Å². The summed E-state index contributed by atoms with van der Waals surface area (Å²) in [6.07, 6.45) is 1.18. The number of hydrogen-bond donors (Lipinski definition) is 2.